The van der Waals surface area contributed by atoms with Crippen molar-refractivity contribution in [1.82, 2.24) is 15.1 Å². The van der Waals surface area contributed by atoms with Gasteiger partial charge < -0.3 is 11.1 Å². The number of hydrogen-bond donors (Lipinski definition) is 2. The number of carbonyl (C=O) groups is 1. The minimum atomic E-state index is 0.0469. The van der Waals surface area contributed by atoms with E-state index >= 15 is 0 Å². The van der Waals surface area contributed by atoms with Crippen LogP contribution in [0.5, 0.6) is 0 Å². The molecule has 2 fully saturated rings. The summed E-state index contributed by atoms with van der Waals surface area (Å²) >= 11 is 0. The van der Waals surface area contributed by atoms with Gasteiger partial charge in [0.1, 0.15) is 0 Å². The van der Waals surface area contributed by atoms with Crippen LogP contribution in [0.25, 0.3) is 0 Å². The van der Waals surface area contributed by atoms with E-state index in [4.69, 9.17) is 5.73 Å². The molecule has 1 aromatic rings. The molecule has 5 nitrogen and oxygen atoms in total. The van der Waals surface area contributed by atoms with Crippen molar-refractivity contribution in [3.8, 4) is 0 Å². The number of fused-ring (bicyclic) bond motifs is 2. The zero-order valence-electron chi connectivity index (χ0n) is 12.0. The van der Waals surface area contributed by atoms with E-state index in [1.807, 2.05) is 16.9 Å². The fourth-order valence-corrected chi connectivity index (χ4v) is 3.91. The molecule has 2 bridgehead atoms. The van der Waals surface area contributed by atoms with Crippen LogP contribution in [0.15, 0.2) is 18.5 Å². The molecule has 0 spiro atoms. The highest BCUT2D eigenvalue weighted by Gasteiger charge is 2.48. The van der Waals surface area contributed by atoms with E-state index in [9.17, 15) is 4.79 Å². The van der Waals surface area contributed by atoms with Gasteiger partial charge in [-0.3, -0.25) is 9.48 Å². The van der Waals surface area contributed by atoms with Crippen LogP contribution in [-0.4, -0.2) is 28.3 Å². The van der Waals surface area contributed by atoms with Crippen molar-refractivity contribution < 1.29 is 4.79 Å². The van der Waals surface area contributed by atoms with Crippen molar-refractivity contribution in [2.24, 2.45) is 29.4 Å². The minimum absolute atomic E-state index is 0.0469. The molecule has 2 saturated carbocycles. The summed E-state index contributed by atoms with van der Waals surface area (Å²) in [4.78, 5) is 12.3. The summed E-state index contributed by atoms with van der Waals surface area (Å²) in [6, 6.07) is 2.00. The number of hydrogen-bond acceptors (Lipinski definition) is 3. The van der Waals surface area contributed by atoms with Crippen LogP contribution in [0.2, 0.25) is 0 Å². The Bertz CT molecular complexity index is 456. The van der Waals surface area contributed by atoms with Crippen LogP contribution in [0, 0.1) is 23.7 Å². The number of nitrogens with one attached hydrogen (secondary N) is 1. The van der Waals surface area contributed by atoms with Gasteiger partial charge >= 0.3 is 0 Å². The van der Waals surface area contributed by atoms with Crippen molar-refractivity contribution in [2.75, 3.05) is 6.54 Å². The molecule has 2 aliphatic rings. The summed E-state index contributed by atoms with van der Waals surface area (Å²) in [7, 11) is 0. The van der Waals surface area contributed by atoms with Gasteiger partial charge in [-0.05, 0) is 43.1 Å². The minimum Gasteiger partial charge on any atom is -0.355 e. The van der Waals surface area contributed by atoms with E-state index in [1.54, 1.807) is 6.20 Å². The van der Waals surface area contributed by atoms with Crippen molar-refractivity contribution in [3.05, 3.63) is 18.5 Å². The van der Waals surface area contributed by atoms with E-state index in [-0.39, 0.29) is 17.9 Å². The first-order chi connectivity index (χ1) is 9.65. The summed E-state index contributed by atoms with van der Waals surface area (Å²) in [6.45, 7) is 3.65. The molecule has 5 atom stereocenters. The number of aromatic nitrogens is 2. The van der Waals surface area contributed by atoms with Crippen molar-refractivity contribution >= 4 is 5.91 Å². The van der Waals surface area contributed by atoms with Gasteiger partial charge in [-0.2, -0.15) is 5.10 Å². The number of nitrogens with two attached hydrogens (primary N) is 1. The second-order valence-electron chi connectivity index (χ2n) is 6.51. The van der Waals surface area contributed by atoms with E-state index in [0.717, 1.165) is 13.0 Å². The molecule has 0 aliphatic heterocycles. The third-order valence-electron chi connectivity index (χ3n) is 4.97. The molecule has 1 amide bonds. The Kier molecular flexibility index (Phi) is 3.78. The Balaban J connectivity index is 1.47. The van der Waals surface area contributed by atoms with Gasteiger partial charge in [0.15, 0.2) is 0 Å². The Hall–Kier alpha value is -1.36. The van der Waals surface area contributed by atoms with Crippen molar-refractivity contribution in [2.45, 2.75) is 38.8 Å². The second-order valence-corrected chi connectivity index (χ2v) is 6.51. The maximum absolute atomic E-state index is 12.3. The highest BCUT2D eigenvalue weighted by atomic mass is 16.1. The number of amides is 1. The summed E-state index contributed by atoms with van der Waals surface area (Å²) in [5.74, 6) is 1.69. The van der Waals surface area contributed by atoms with Crippen molar-refractivity contribution in [1.29, 1.82) is 0 Å². The topological polar surface area (TPSA) is 72.9 Å². The first-order valence-corrected chi connectivity index (χ1v) is 7.66. The Morgan fingerprint density at radius 1 is 1.50 bits per heavy atom. The van der Waals surface area contributed by atoms with Gasteiger partial charge in [-0.15, -0.1) is 0 Å². The molecular weight excluding hydrogens is 252 g/mol. The predicted molar refractivity (Wildman–Crippen MR) is 76.7 cm³/mol. The molecule has 0 aromatic carbocycles. The predicted octanol–water partition coefficient (Wildman–Crippen LogP) is 1.01. The largest absolute Gasteiger partial charge is 0.355 e. The lowest BCUT2D eigenvalue weighted by Crippen LogP contribution is -2.46. The molecule has 1 aromatic heterocycles. The van der Waals surface area contributed by atoms with Crippen LogP contribution in [-0.2, 0) is 11.3 Å². The van der Waals surface area contributed by atoms with E-state index < -0.39 is 0 Å². The lowest BCUT2D eigenvalue weighted by Gasteiger charge is -2.27. The molecule has 5 unspecified atom stereocenters. The average Bonchev–Trinajstić information content (AvgIpc) is 3.12. The zero-order chi connectivity index (χ0) is 14.1. The van der Waals surface area contributed by atoms with Crippen molar-refractivity contribution in [3.63, 3.8) is 0 Å². The standard InChI is InChI=1S/C15H24N4O/c1-10(9-19-6-2-5-18-19)8-17-15(20)13-11-3-4-12(7-11)14(13)16/h2,5-6,10-14H,3-4,7-9,16H2,1H3,(H,17,20). The lowest BCUT2D eigenvalue weighted by molar-refractivity contribution is -0.127. The Labute approximate surface area is 119 Å². The summed E-state index contributed by atoms with van der Waals surface area (Å²) in [5.41, 5.74) is 6.21. The molecule has 3 N–H and O–H groups in total. The molecule has 1 heterocycles. The van der Waals surface area contributed by atoms with Crippen LogP contribution in [0.3, 0.4) is 0 Å². The fraction of sp³-hybridized carbons (Fsp3) is 0.733. The maximum atomic E-state index is 12.3. The van der Waals surface area contributed by atoms with Gasteiger partial charge in [-0.1, -0.05) is 6.92 Å². The Morgan fingerprint density at radius 3 is 2.95 bits per heavy atom. The first kappa shape index (κ1) is 13.6. The molecule has 20 heavy (non-hydrogen) atoms. The third kappa shape index (κ3) is 2.59. The van der Waals surface area contributed by atoms with Gasteiger partial charge in [-0.25, -0.2) is 0 Å². The molecule has 0 radical (unpaired) electrons. The number of rotatable bonds is 5. The fourth-order valence-electron chi connectivity index (χ4n) is 3.91. The quantitative estimate of drug-likeness (QED) is 0.843. The summed E-state index contributed by atoms with van der Waals surface area (Å²) in [6.07, 6.45) is 7.27. The van der Waals surface area contributed by atoms with Gasteiger partial charge in [0, 0.05) is 31.5 Å². The van der Waals surface area contributed by atoms with E-state index in [1.165, 1.54) is 12.8 Å². The Morgan fingerprint density at radius 2 is 2.30 bits per heavy atom. The smallest absolute Gasteiger partial charge is 0.224 e. The highest BCUT2D eigenvalue weighted by molar-refractivity contribution is 5.80. The third-order valence-corrected chi connectivity index (χ3v) is 4.97. The van der Waals surface area contributed by atoms with Crippen LogP contribution >= 0.6 is 0 Å². The zero-order valence-corrected chi connectivity index (χ0v) is 12.0. The average molecular weight is 276 g/mol. The van der Waals surface area contributed by atoms with Gasteiger partial charge in [0.05, 0.1) is 5.92 Å². The molecule has 3 rings (SSSR count). The molecular formula is C15H24N4O. The molecule has 0 saturated heterocycles. The highest BCUT2D eigenvalue weighted by Crippen LogP contribution is 2.47. The SMILES string of the molecule is CC(CNC(=O)C1C2CCC(C2)C1N)Cn1cccn1. The van der Waals surface area contributed by atoms with Crippen LogP contribution < -0.4 is 11.1 Å². The van der Waals surface area contributed by atoms with Gasteiger partial charge in [0.2, 0.25) is 5.91 Å². The van der Waals surface area contributed by atoms with E-state index in [0.29, 0.717) is 24.3 Å². The maximum Gasteiger partial charge on any atom is 0.224 e. The monoisotopic (exact) mass is 276 g/mol. The summed E-state index contributed by atoms with van der Waals surface area (Å²) in [5, 5.41) is 7.28. The lowest BCUT2D eigenvalue weighted by atomic mass is 9.84. The number of carbonyl (C=O) groups excluding carboxylic acids is 1. The first-order valence-electron chi connectivity index (χ1n) is 7.66. The summed E-state index contributed by atoms with van der Waals surface area (Å²) < 4.78 is 1.90. The van der Waals surface area contributed by atoms with E-state index in [2.05, 4.69) is 17.3 Å². The molecule has 5 heteroatoms. The van der Waals surface area contributed by atoms with Crippen LogP contribution in [0.4, 0.5) is 0 Å². The van der Waals surface area contributed by atoms with Crippen LogP contribution in [0.1, 0.15) is 26.2 Å². The van der Waals surface area contributed by atoms with Gasteiger partial charge in [0.25, 0.3) is 0 Å². The normalized spacial score (nSPS) is 33.3. The number of nitrogens with zero attached hydrogens (tertiary/aromatic N) is 2. The molecule has 2 aliphatic carbocycles. The second kappa shape index (κ2) is 5.56. The molecule has 110 valence electrons.